The Bertz CT molecular complexity index is 371. The molecule has 1 atom stereocenters. The van der Waals surface area contributed by atoms with Crippen LogP contribution in [0.25, 0.3) is 0 Å². The molecule has 0 fully saturated rings. The monoisotopic (exact) mass is 273 g/mol. The predicted molar refractivity (Wildman–Crippen MR) is 72.1 cm³/mol. The van der Waals surface area contributed by atoms with Crippen molar-refractivity contribution in [2.24, 2.45) is 0 Å². The summed E-state index contributed by atoms with van der Waals surface area (Å²) >= 11 is 5.92. The molecule has 0 heterocycles. The molecule has 3 N–H and O–H groups in total. The van der Waals surface area contributed by atoms with Crippen LogP contribution in [-0.4, -0.2) is 41.6 Å². The zero-order valence-electron chi connectivity index (χ0n) is 10.7. The molecule has 0 aromatic heterocycles. The number of aliphatic hydroxyl groups excluding tert-OH is 2. The van der Waals surface area contributed by atoms with Crippen molar-refractivity contribution in [1.29, 1.82) is 0 Å². The summed E-state index contributed by atoms with van der Waals surface area (Å²) in [6.45, 7) is 4.21. The highest BCUT2D eigenvalue weighted by Gasteiger charge is 2.17. The molecule has 0 aliphatic carbocycles. The van der Waals surface area contributed by atoms with Crippen LogP contribution in [0.4, 0.5) is 0 Å². The van der Waals surface area contributed by atoms with Gasteiger partial charge >= 0.3 is 0 Å². The Labute approximate surface area is 113 Å². The van der Waals surface area contributed by atoms with E-state index in [4.69, 9.17) is 21.4 Å². The summed E-state index contributed by atoms with van der Waals surface area (Å²) in [6, 6.07) is 7.12. The lowest BCUT2D eigenvalue weighted by molar-refractivity contribution is 0.0907. The first-order valence-electron chi connectivity index (χ1n) is 5.86. The minimum atomic E-state index is -0.660. The van der Waals surface area contributed by atoms with Gasteiger partial charge in [-0.05, 0) is 26.0 Å². The fourth-order valence-corrected chi connectivity index (χ4v) is 1.45. The number of rotatable bonds is 7. The van der Waals surface area contributed by atoms with Crippen molar-refractivity contribution < 1.29 is 14.9 Å². The zero-order chi connectivity index (χ0) is 13.6. The van der Waals surface area contributed by atoms with Crippen LogP contribution in [0.2, 0.25) is 5.02 Å². The molecule has 0 unspecified atom stereocenters. The van der Waals surface area contributed by atoms with Crippen LogP contribution in [0.5, 0.6) is 5.75 Å². The summed E-state index contributed by atoms with van der Waals surface area (Å²) in [5.74, 6) is 0.555. The molecule has 102 valence electrons. The second-order valence-electron chi connectivity index (χ2n) is 4.82. The Morgan fingerprint density at radius 1 is 1.39 bits per heavy atom. The molecule has 0 bridgehead atoms. The molecule has 18 heavy (non-hydrogen) atoms. The van der Waals surface area contributed by atoms with Crippen molar-refractivity contribution in [1.82, 2.24) is 5.32 Å². The van der Waals surface area contributed by atoms with Gasteiger partial charge in [0.1, 0.15) is 18.5 Å². The Morgan fingerprint density at radius 2 is 2.06 bits per heavy atom. The van der Waals surface area contributed by atoms with Crippen LogP contribution in [-0.2, 0) is 0 Å². The van der Waals surface area contributed by atoms with E-state index >= 15 is 0 Å². The quantitative estimate of drug-likeness (QED) is 0.704. The van der Waals surface area contributed by atoms with E-state index < -0.39 is 11.6 Å². The summed E-state index contributed by atoms with van der Waals surface area (Å²) in [4.78, 5) is 0. The molecule has 0 aliphatic rings. The minimum Gasteiger partial charge on any atom is -0.489 e. The fourth-order valence-electron chi connectivity index (χ4n) is 1.26. The normalized spacial score (nSPS) is 13.4. The fraction of sp³-hybridized carbons (Fsp3) is 0.538. The Hall–Kier alpha value is -0.810. The van der Waals surface area contributed by atoms with Crippen molar-refractivity contribution in [2.45, 2.75) is 25.5 Å². The SMILES string of the molecule is CC(C)(CO)NC[C@H](O)COc1ccccc1Cl. The molecule has 1 aromatic rings. The topological polar surface area (TPSA) is 61.7 Å². The van der Waals surface area contributed by atoms with Crippen LogP contribution in [0.3, 0.4) is 0 Å². The average Bonchev–Trinajstić information content (AvgIpc) is 2.35. The van der Waals surface area contributed by atoms with E-state index in [0.717, 1.165) is 0 Å². The van der Waals surface area contributed by atoms with Crippen LogP contribution in [0, 0.1) is 0 Å². The third-order valence-corrected chi connectivity index (χ3v) is 2.79. The molecule has 5 heteroatoms. The first-order chi connectivity index (χ1) is 8.44. The molecular formula is C13H20ClNO3. The largest absolute Gasteiger partial charge is 0.489 e. The minimum absolute atomic E-state index is 0.00505. The maximum atomic E-state index is 9.75. The van der Waals surface area contributed by atoms with Crippen LogP contribution in [0.15, 0.2) is 24.3 Å². The van der Waals surface area contributed by atoms with Gasteiger partial charge in [0.05, 0.1) is 11.6 Å². The Morgan fingerprint density at radius 3 is 2.67 bits per heavy atom. The van der Waals surface area contributed by atoms with Gasteiger partial charge in [-0.3, -0.25) is 0 Å². The number of ether oxygens (including phenoxy) is 1. The van der Waals surface area contributed by atoms with E-state index in [1.54, 1.807) is 12.1 Å². The third-order valence-electron chi connectivity index (χ3n) is 2.48. The molecule has 0 saturated carbocycles. The van der Waals surface area contributed by atoms with Crippen LogP contribution >= 0.6 is 11.6 Å². The highest BCUT2D eigenvalue weighted by atomic mass is 35.5. The standard InChI is InChI=1S/C13H20ClNO3/c1-13(2,9-16)15-7-10(17)8-18-12-6-4-3-5-11(12)14/h3-6,10,15-17H,7-9H2,1-2H3/t10-/m0/s1. The molecule has 0 spiro atoms. The second-order valence-corrected chi connectivity index (χ2v) is 5.23. The molecule has 1 aromatic carbocycles. The average molecular weight is 274 g/mol. The van der Waals surface area contributed by atoms with Crippen molar-refractivity contribution >= 4 is 11.6 Å². The van der Waals surface area contributed by atoms with E-state index in [1.807, 2.05) is 26.0 Å². The number of aliphatic hydroxyl groups is 2. The number of β-amino-alcohol motifs (C(OH)–C–C–N with tert-alkyl or cyclic N) is 1. The van der Waals surface area contributed by atoms with Gasteiger partial charge in [0.2, 0.25) is 0 Å². The van der Waals surface area contributed by atoms with Crippen molar-refractivity contribution in [3.05, 3.63) is 29.3 Å². The Kier molecular flexibility index (Phi) is 5.88. The number of hydrogen-bond donors (Lipinski definition) is 3. The zero-order valence-corrected chi connectivity index (χ0v) is 11.4. The van der Waals surface area contributed by atoms with Gasteiger partial charge in [-0.15, -0.1) is 0 Å². The molecule has 0 saturated heterocycles. The lowest BCUT2D eigenvalue weighted by atomic mass is 10.1. The molecule has 1 rings (SSSR count). The first kappa shape index (κ1) is 15.2. The Balaban J connectivity index is 2.34. The van der Waals surface area contributed by atoms with Crippen LogP contribution in [0.1, 0.15) is 13.8 Å². The van der Waals surface area contributed by atoms with Gasteiger partial charge in [-0.25, -0.2) is 0 Å². The summed E-state index contributed by atoms with van der Waals surface area (Å²) in [5.41, 5.74) is -0.411. The third kappa shape index (κ3) is 5.23. The summed E-state index contributed by atoms with van der Waals surface area (Å²) in [6.07, 6.45) is -0.660. The van der Waals surface area contributed by atoms with Crippen molar-refractivity contribution in [3.8, 4) is 5.75 Å². The predicted octanol–water partition coefficient (Wildman–Crippen LogP) is 1.44. The lowest BCUT2D eigenvalue weighted by Gasteiger charge is -2.25. The highest BCUT2D eigenvalue weighted by Crippen LogP contribution is 2.23. The van der Waals surface area contributed by atoms with Gasteiger partial charge in [-0.2, -0.15) is 0 Å². The van der Waals surface area contributed by atoms with E-state index in [1.165, 1.54) is 0 Å². The highest BCUT2D eigenvalue weighted by molar-refractivity contribution is 6.32. The van der Waals surface area contributed by atoms with Crippen LogP contribution < -0.4 is 10.1 Å². The van der Waals surface area contributed by atoms with Gasteiger partial charge in [-0.1, -0.05) is 23.7 Å². The number of para-hydroxylation sites is 1. The van der Waals surface area contributed by atoms with Gasteiger partial charge < -0.3 is 20.3 Å². The lowest BCUT2D eigenvalue weighted by Crippen LogP contribution is -2.47. The maximum Gasteiger partial charge on any atom is 0.138 e. The number of halogens is 1. The molecule has 0 amide bonds. The summed E-state index contributed by atoms with van der Waals surface area (Å²) in [7, 11) is 0. The van der Waals surface area contributed by atoms with Gasteiger partial charge in [0, 0.05) is 12.1 Å². The van der Waals surface area contributed by atoms with Gasteiger partial charge in [0.15, 0.2) is 0 Å². The van der Waals surface area contributed by atoms with Crippen molar-refractivity contribution in [3.63, 3.8) is 0 Å². The van der Waals surface area contributed by atoms with E-state index in [0.29, 0.717) is 17.3 Å². The molecule has 0 radical (unpaired) electrons. The van der Waals surface area contributed by atoms with Crippen molar-refractivity contribution in [2.75, 3.05) is 19.8 Å². The van der Waals surface area contributed by atoms with E-state index in [9.17, 15) is 5.11 Å². The van der Waals surface area contributed by atoms with Gasteiger partial charge in [0.25, 0.3) is 0 Å². The second kappa shape index (κ2) is 6.95. The van der Waals surface area contributed by atoms with E-state index in [2.05, 4.69) is 5.32 Å². The maximum absolute atomic E-state index is 9.75. The summed E-state index contributed by atoms with van der Waals surface area (Å²) in [5, 5.41) is 22.4. The summed E-state index contributed by atoms with van der Waals surface area (Å²) < 4.78 is 5.41. The number of hydrogen-bond acceptors (Lipinski definition) is 4. The smallest absolute Gasteiger partial charge is 0.138 e. The first-order valence-corrected chi connectivity index (χ1v) is 6.24. The number of nitrogens with one attached hydrogen (secondary N) is 1. The number of benzene rings is 1. The molecule has 4 nitrogen and oxygen atoms in total. The molecule has 0 aliphatic heterocycles. The van der Waals surface area contributed by atoms with E-state index in [-0.39, 0.29) is 13.2 Å². The molecular weight excluding hydrogens is 254 g/mol.